The molecule has 8 aromatic rings. The third kappa shape index (κ3) is 28.4. The summed E-state index contributed by atoms with van der Waals surface area (Å²) in [6.07, 6.45) is -0.833. The van der Waals surface area contributed by atoms with E-state index in [-0.39, 0.29) is 88.7 Å². The summed E-state index contributed by atoms with van der Waals surface area (Å²) < 4.78 is 3.52. The molecule has 0 radical (unpaired) electrons. The maximum atomic E-state index is 8.56. The van der Waals surface area contributed by atoms with Gasteiger partial charge in [-0.1, -0.05) is 0 Å². The fraction of sp³-hybridized carbons (Fsp3) is 0.457. The summed E-state index contributed by atoms with van der Waals surface area (Å²) >= 11 is 7.45. The van der Waals surface area contributed by atoms with E-state index in [0.29, 0.717) is 31.1 Å². The van der Waals surface area contributed by atoms with Crippen LogP contribution in [0.15, 0.2) is 188 Å². The fourth-order valence-corrected chi connectivity index (χ4v) is 19.0. The normalized spacial score (nSPS) is 15.4. The zero-order valence-electron chi connectivity index (χ0n) is 79.0. The summed E-state index contributed by atoms with van der Waals surface area (Å²) in [6, 6.07) is 78.7. The molecule has 6 unspecified atom stereocenters. The van der Waals surface area contributed by atoms with Gasteiger partial charge in [0, 0.05) is 0 Å². The minimum atomic E-state index is -0.375. The molecule has 8 aromatic carbocycles. The van der Waals surface area contributed by atoms with Crippen LogP contribution < -0.4 is 38.7 Å². The molecule has 0 aromatic heterocycles. The number of anilines is 8. The molecule has 6 atom stereocenters. The molecule has 0 bridgehead atoms. The van der Waals surface area contributed by atoms with E-state index >= 15 is 0 Å². The van der Waals surface area contributed by atoms with Crippen molar-refractivity contribution in [2.75, 3.05) is 151 Å². The van der Waals surface area contributed by atoms with Gasteiger partial charge in [-0.15, -0.1) is 0 Å². The Kier molecular flexibility index (Phi) is 41.4. The van der Waals surface area contributed by atoms with Gasteiger partial charge < -0.3 is 30.6 Å². The molecule has 3 fully saturated rings. The zero-order valence-corrected chi connectivity index (χ0v) is 85.8. The van der Waals surface area contributed by atoms with Gasteiger partial charge in [0.2, 0.25) is 0 Å². The van der Waals surface area contributed by atoms with Crippen LogP contribution in [0.4, 0.5) is 45.5 Å². The van der Waals surface area contributed by atoms with Crippen molar-refractivity contribution in [3.05, 3.63) is 240 Å². The van der Waals surface area contributed by atoms with Crippen LogP contribution in [0.2, 0.25) is 0 Å². The summed E-state index contributed by atoms with van der Waals surface area (Å²) in [4.78, 5) is 32.7. The summed E-state index contributed by atoms with van der Waals surface area (Å²) in [5.41, 5.74) is 16.9. The molecule has 3 aliphatic rings. The van der Waals surface area contributed by atoms with Gasteiger partial charge in [-0.05, 0) is 60.8 Å². The van der Waals surface area contributed by atoms with Gasteiger partial charge in [0.15, 0.2) is 0 Å². The van der Waals surface area contributed by atoms with Crippen LogP contribution in [0.25, 0.3) is 0 Å². The second-order valence-corrected chi connectivity index (χ2v) is 39.2. The van der Waals surface area contributed by atoms with Gasteiger partial charge in [-0.25, -0.2) is 0 Å². The van der Waals surface area contributed by atoms with Gasteiger partial charge >= 0.3 is 655 Å². The first-order valence-corrected chi connectivity index (χ1v) is 46.1. The summed E-state index contributed by atoms with van der Waals surface area (Å²) in [7, 11) is 34.2. The molecule has 3 aliphatic heterocycles. The van der Waals surface area contributed by atoms with Crippen LogP contribution in [-0.2, 0) is 68.9 Å². The third-order valence-corrected chi connectivity index (χ3v) is 25.4. The Balaban J connectivity index is 0.000000258. The number of hydrogen-bond donors (Lipinski definition) is 6. The van der Waals surface area contributed by atoms with Crippen LogP contribution in [0.3, 0.4) is 0 Å². The van der Waals surface area contributed by atoms with Crippen molar-refractivity contribution < 1.29 is 88.7 Å². The Hall–Kier alpha value is -6.26. The van der Waals surface area contributed by atoms with Crippen molar-refractivity contribution in [2.24, 2.45) is 0 Å². The molecule has 6 N–H and O–H groups in total. The molecule has 0 saturated carbocycles. The van der Waals surface area contributed by atoms with Gasteiger partial charge in [0.25, 0.3) is 0 Å². The molecule has 3 saturated heterocycles. The molecule has 11 rings (SSSR count). The van der Waals surface area contributed by atoms with E-state index in [1.807, 2.05) is 6.07 Å². The first-order chi connectivity index (χ1) is 57.6. The van der Waals surface area contributed by atoms with E-state index < -0.39 is 0 Å². The second kappa shape index (κ2) is 48.2. The van der Waals surface area contributed by atoms with Crippen molar-refractivity contribution >= 4 is 99.2 Å². The van der Waals surface area contributed by atoms with E-state index in [1.54, 1.807) is 41.5 Å². The number of benzene rings is 8. The Morgan fingerprint density at radius 3 is 0.919 bits per heavy atom. The van der Waals surface area contributed by atoms with E-state index in [1.165, 1.54) is 66.0 Å². The molecule has 3 heterocycles. The summed E-state index contributed by atoms with van der Waals surface area (Å²) in [5, 5.41) is 51.4. The van der Waals surface area contributed by atoms with Crippen LogP contribution in [0.5, 0.6) is 0 Å². The third-order valence-electron chi connectivity index (χ3n) is 22.1. The SMILES string of the molecule is CC(C)c1c[c-]c(N2B(N(C)C)B(N(C)C)N(c3ccc(C(C)C)cc3)[C]2=[Pt])cc1.CC(O)CC(C)O.CC(O)CC(C)O.CC(O)CC(C)O.CN(C)B1B(N(C)C)N(c2ccc(C(C)(C)c3ccccc3)cc2)[C](=[Pt])N1c1[c-]cc(C(C)(C)c2ccccc2)cc1.CN(C)B1B(N(C)C)N(c2cccc(N(C)C)c2)[C](=[Pt])N1c1[c-]ccc(N(C)C)c1. The van der Waals surface area contributed by atoms with Crippen LogP contribution in [-0.4, -0.2) is 263 Å². The molecule has 0 amide bonds. The molecule has 20 nitrogen and oxygen atoms in total. The molecule has 674 valence electrons. The number of nitrogens with zero attached hydrogens (tertiary/aromatic N) is 14. The number of rotatable bonds is 26. The zero-order chi connectivity index (χ0) is 92.1. The molecule has 0 aliphatic carbocycles. The van der Waals surface area contributed by atoms with Gasteiger partial charge in [0.1, 0.15) is 0 Å². The summed E-state index contributed by atoms with van der Waals surface area (Å²) in [6.45, 7) is 28.9. The van der Waals surface area contributed by atoms with Crippen molar-refractivity contribution in [2.45, 2.75) is 175 Å². The van der Waals surface area contributed by atoms with E-state index in [2.05, 4.69) is 494 Å². The molecular weight excluding hydrogens is 2070 g/mol. The Bertz CT molecular complexity index is 4210. The van der Waals surface area contributed by atoms with Crippen LogP contribution >= 0.6 is 0 Å². The fourth-order valence-electron chi connectivity index (χ4n) is 15.5. The Labute approximate surface area is 777 Å². The topological polar surface area (TPSA) is 167 Å². The van der Waals surface area contributed by atoms with Gasteiger partial charge in [-0.3, -0.25) is 0 Å². The maximum absolute atomic E-state index is 8.56. The van der Waals surface area contributed by atoms with Crippen molar-refractivity contribution in [3.63, 3.8) is 0 Å². The minimum absolute atomic E-state index is 0.0782. The Morgan fingerprint density at radius 1 is 0.301 bits per heavy atom. The number of hydrogen-bond acceptors (Lipinski definition) is 20. The quantitative estimate of drug-likeness (QED) is 0.0224. The standard InChI is InChI=1S/C35H41B2N4.C23H33B2N4.C21H31B2N6.3C5H12O2.3Pt/c1-34(2,28-15-11-9-12-16-28)30-19-23-32(24-20-30)40-27-41(37(39(7)8)36(40)38(5)6)33-25-21-31(22-26-33)35(3,4)29-17-13-10-14-18-29;1-18(2)20-9-13-22(14-10-20)28-17-29(25(27(7)8)24(28)26(5)6)23-15-11-21(12-16-23)19(3)4;1-24(2)18-11-9-13-20(15-18)28-17-29(23(27(7)8)22(28)26(5)6)21-14-10-12-19(16-21)25(3)4;3*1-4(6)3-5(2)7;;;/h9-25H,1-8H3;9-15,18-19H,1-8H3;9-13,15-16H,1-8H3;3*4-7H,3H2,1-2H3;;;/q3*-1;;;;;;. The first kappa shape index (κ1) is 106. The van der Waals surface area contributed by atoms with E-state index in [4.69, 9.17) is 30.6 Å². The van der Waals surface area contributed by atoms with Crippen molar-refractivity contribution in [1.82, 2.24) is 28.9 Å². The van der Waals surface area contributed by atoms with E-state index in [9.17, 15) is 0 Å². The summed E-state index contributed by atoms with van der Waals surface area (Å²) in [5.74, 6) is 1.04. The monoisotopic (exact) mass is 2210 g/mol. The number of aliphatic hydroxyl groups excluding tert-OH is 6. The van der Waals surface area contributed by atoms with Gasteiger partial charge in [0.05, 0.1) is 36.6 Å². The van der Waals surface area contributed by atoms with Crippen molar-refractivity contribution in [1.29, 1.82) is 0 Å². The van der Waals surface area contributed by atoms with E-state index in [0.717, 1.165) is 25.4 Å². The average molecular weight is 2210 g/mol. The van der Waals surface area contributed by atoms with Crippen LogP contribution in [0, 0.1) is 18.2 Å². The van der Waals surface area contributed by atoms with Crippen LogP contribution in [0.1, 0.15) is 161 Å². The number of aliphatic hydroxyl groups is 6. The predicted octanol–water partition coefficient (Wildman–Crippen LogP) is 12.3. The first-order valence-electron chi connectivity index (χ1n) is 42.7. The molecule has 29 heteroatoms. The second-order valence-electron chi connectivity index (χ2n) is 36.1. The average Bonchev–Trinajstić information content (AvgIpc) is 1.60. The van der Waals surface area contributed by atoms with Crippen molar-refractivity contribution in [3.8, 4) is 0 Å². The molecule has 123 heavy (non-hydrogen) atoms. The molecular formula is C94H141B6N14O6Pt3-3. The Morgan fingerprint density at radius 2 is 0.602 bits per heavy atom. The molecule has 0 spiro atoms. The van der Waals surface area contributed by atoms with Gasteiger partial charge in [-0.2, -0.15) is 0 Å². The predicted molar refractivity (Wildman–Crippen MR) is 520 cm³/mol.